The first-order valence-electron chi connectivity index (χ1n) is 10.4. The van der Waals surface area contributed by atoms with E-state index in [0.29, 0.717) is 32.1 Å². The number of nitrogens with one attached hydrogen (secondary N) is 1. The topological polar surface area (TPSA) is 66.7 Å². The number of hydrogen-bond acceptors (Lipinski definition) is 7. The van der Waals surface area contributed by atoms with Crippen molar-refractivity contribution in [2.75, 3.05) is 54.5 Å². The molecule has 7 nitrogen and oxygen atoms in total. The fraction of sp³-hybridized carbons (Fsp3) is 0.364. The minimum atomic E-state index is -4.49. The number of ether oxygens (including phenoxy) is 1. The fourth-order valence-electron chi connectivity index (χ4n) is 3.97. The Morgan fingerprint density at radius 3 is 2.59 bits per heavy atom. The van der Waals surface area contributed by atoms with Gasteiger partial charge in [0.05, 0.1) is 37.3 Å². The van der Waals surface area contributed by atoms with Crippen LogP contribution in [0.15, 0.2) is 47.3 Å². The number of rotatable bonds is 4. The highest BCUT2D eigenvalue weighted by atomic mass is 19.4. The molecule has 2 aliphatic rings. The lowest BCUT2D eigenvalue weighted by molar-refractivity contribution is -0.153. The number of hydrogen-bond donors (Lipinski definition) is 1. The van der Waals surface area contributed by atoms with Gasteiger partial charge in [0.25, 0.3) is 0 Å². The number of furan rings is 1. The number of morpholine rings is 1. The second-order valence-electron chi connectivity index (χ2n) is 7.74. The van der Waals surface area contributed by atoms with Gasteiger partial charge in [0.2, 0.25) is 5.76 Å². The predicted octanol–water partition coefficient (Wildman–Crippen LogP) is 4.02. The molecule has 0 radical (unpaired) electrons. The number of alkyl halides is 3. The third-order valence-corrected chi connectivity index (χ3v) is 5.60. The van der Waals surface area contributed by atoms with Crippen molar-refractivity contribution >= 4 is 17.2 Å². The Bertz CT molecular complexity index is 1100. The zero-order chi connectivity index (χ0) is 22.1. The van der Waals surface area contributed by atoms with Crippen molar-refractivity contribution < 1.29 is 22.3 Å². The summed E-state index contributed by atoms with van der Waals surface area (Å²) < 4.78 is 49.1. The van der Waals surface area contributed by atoms with Crippen LogP contribution in [0.2, 0.25) is 0 Å². The van der Waals surface area contributed by atoms with Crippen molar-refractivity contribution in [2.45, 2.75) is 12.7 Å². The molecule has 0 atom stereocenters. The molecule has 10 heteroatoms. The Morgan fingerprint density at radius 1 is 1.00 bits per heavy atom. The van der Waals surface area contributed by atoms with Crippen LogP contribution in [0.5, 0.6) is 0 Å². The molecule has 168 valence electrons. The van der Waals surface area contributed by atoms with E-state index in [1.807, 2.05) is 17.2 Å². The number of nitrogens with zero attached hydrogens (tertiary/aromatic N) is 4. The van der Waals surface area contributed by atoms with Crippen molar-refractivity contribution in [3.05, 3.63) is 54.4 Å². The summed E-state index contributed by atoms with van der Waals surface area (Å²) in [4.78, 5) is 13.2. The Labute approximate surface area is 182 Å². The quantitative estimate of drug-likeness (QED) is 0.651. The van der Waals surface area contributed by atoms with Crippen LogP contribution in [0.3, 0.4) is 0 Å². The number of fused-ring (bicyclic) bond motifs is 1. The zero-order valence-electron chi connectivity index (χ0n) is 17.2. The van der Waals surface area contributed by atoms with Crippen molar-refractivity contribution in [2.24, 2.45) is 0 Å². The summed E-state index contributed by atoms with van der Waals surface area (Å²) in [5.41, 5.74) is 3.65. The molecule has 2 aliphatic heterocycles. The maximum atomic E-state index is 12.9. The summed E-state index contributed by atoms with van der Waals surface area (Å²) in [5.74, 6) is -0.0350. The van der Waals surface area contributed by atoms with E-state index in [4.69, 9.17) is 9.15 Å². The van der Waals surface area contributed by atoms with E-state index >= 15 is 0 Å². The van der Waals surface area contributed by atoms with Crippen LogP contribution in [0.1, 0.15) is 11.5 Å². The molecule has 1 N–H and O–H groups in total. The smallest absolute Gasteiger partial charge is 0.449 e. The highest BCUT2D eigenvalue weighted by Gasteiger charge is 2.35. The van der Waals surface area contributed by atoms with Crippen LogP contribution in [0.25, 0.3) is 11.1 Å². The van der Waals surface area contributed by atoms with Crippen LogP contribution in [-0.4, -0.2) is 49.4 Å². The van der Waals surface area contributed by atoms with Gasteiger partial charge in [-0.05, 0) is 24.3 Å². The number of halogens is 3. The van der Waals surface area contributed by atoms with E-state index < -0.39 is 11.9 Å². The molecule has 5 rings (SSSR count). The monoisotopic (exact) mass is 445 g/mol. The van der Waals surface area contributed by atoms with Gasteiger partial charge in [0.1, 0.15) is 11.6 Å². The van der Waals surface area contributed by atoms with Crippen LogP contribution in [-0.2, 0) is 17.5 Å². The second-order valence-corrected chi connectivity index (χ2v) is 7.74. The van der Waals surface area contributed by atoms with Gasteiger partial charge in [-0.2, -0.15) is 13.2 Å². The molecular formula is C22H22F3N5O2. The van der Waals surface area contributed by atoms with Gasteiger partial charge in [-0.3, -0.25) is 4.98 Å². The summed E-state index contributed by atoms with van der Waals surface area (Å²) in [6.07, 6.45) is 0.913. The molecular weight excluding hydrogens is 423 g/mol. The maximum absolute atomic E-state index is 12.9. The third kappa shape index (κ3) is 4.22. The first-order valence-corrected chi connectivity index (χ1v) is 10.4. The standard InChI is InChI=1S/C22H22F3N5O2/c23-22(24,25)20-2-1-18(32-20)14-30-4-3-27-21-19(30)10-16(12-28-21)15-9-17(13-26-11-15)29-5-7-31-8-6-29/h1-2,9-13H,3-8,14H2,(H,27,28). The average molecular weight is 445 g/mol. The SMILES string of the molecule is FC(F)(F)c1ccc(CN2CCNc3ncc(-c4cncc(N5CCOCC5)c4)cc32)o1. The van der Waals surface area contributed by atoms with E-state index in [1.54, 1.807) is 12.4 Å². The molecule has 32 heavy (non-hydrogen) atoms. The molecule has 5 heterocycles. The van der Waals surface area contributed by atoms with Gasteiger partial charge >= 0.3 is 6.18 Å². The van der Waals surface area contributed by atoms with E-state index in [2.05, 4.69) is 26.3 Å². The fourth-order valence-corrected chi connectivity index (χ4v) is 3.97. The molecule has 1 saturated heterocycles. The largest absolute Gasteiger partial charge is 0.455 e. The van der Waals surface area contributed by atoms with Crippen molar-refractivity contribution in [3.63, 3.8) is 0 Å². The highest BCUT2D eigenvalue weighted by molar-refractivity contribution is 5.77. The molecule has 0 amide bonds. The van der Waals surface area contributed by atoms with Crippen LogP contribution >= 0.6 is 0 Å². The van der Waals surface area contributed by atoms with E-state index in [-0.39, 0.29) is 12.3 Å². The third-order valence-electron chi connectivity index (χ3n) is 5.60. The van der Waals surface area contributed by atoms with E-state index in [9.17, 15) is 13.2 Å². The lowest BCUT2D eigenvalue weighted by atomic mass is 10.1. The summed E-state index contributed by atoms with van der Waals surface area (Å²) in [5, 5.41) is 3.25. The minimum Gasteiger partial charge on any atom is -0.455 e. The second kappa shape index (κ2) is 8.34. The number of pyridine rings is 2. The molecule has 3 aromatic heterocycles. The van der Waals surface area contributed by atoms with Crippen LogP contribution in [0, 0.1) is 0 Å². The van der Waals surface area contributed by atoms with Gasteiger partial charge in [0.15, 0.2) is 0 Å². The average Bonchev–Trinajstić information content (AvgIpc) is 3.29. The van der Waals surface area contributed by atoms with Gasteiger partial charge in [-0.25, -0.2) is 4.98 Å². The molecule has 0 aromatic carbocycles. The Balaban J connectivity index is 1.41. The lowest BCUT2D eigenvalue weighted by Gasteiger charge is -2.31. The minimum absolute atomic E-state index is 0.224. The van der Waals surface area contributed by atoms with Crippen LogP contribution < -0.4 is 15.1 Å². The Kier molecular flexibility index (Phi) is 5.38. The molecule has 0 unspecified atom stereocenters. The summed E-state index contributed by atoms with van der Waals surface area (Å²) in [6.45, 7) is 4.49. The number of anilines is 3. The van der Waals surface area contributed by atoms with Crippen LogP contribution in [0.4, 0.5) is 30.4 Å². The van der Waals surface area contributed by atoms with Gasteiger partial charge in [-0.1, -0.05) is 0 Å². The summed E-state index contributed by atoms with van der Waals surface area (Å²) >= 11 is 0. The van der Waals surface area contributed by atoms with E-state index in [1.165, 1.54) is 6.07 Å². The predicted molar refractivity (Wildman–Crippen MR) is 114 cm³/mol. The summed E-state index contributed by atoms with van der Waals surface area (Å²) in [7, 11) is 0. The maximum Gasteiger partial charge on any atom is 0.449 e. The Hall–Kier alpha value is -3.27. The normalized spacial score (nSPS) is 16.6. The zero-order valence-corrected chi connectivity index (χ0v) is 17.2. The molecule has 0 spiro atoms. The lowest BCUT2D eigenvalue weighted by Crippen LogP contribution is -2.36. The van der Waals surface area contributed by atoms with Gasteiger partial charge < -0.3 is 24.3 Å². The molecule has 0 aliphatic carbocycles. The molecule has 3 aromatic rings. The molecule has 0 bridgehead atoms. The Morgan fingerprint density at radius 2 is 1.81 bits per heavy atom. The van der Waals surface area contributed by atoms with Crippen molar-refractivity contribution in [1.29, 1.82) is 0 Å². The molecule has 1 fully saturated rings. The highest BCUT2D eigenvalue weighted by Crippen LogP contribution is 2.35. The van der Waals surface area contributed by atoms with E-state index in [0.717, 1.165) is 41.7 Å². The first-order chi connectivity index (χ1) is 15.5. The van der Waals surface area contributed by atoms with Crippen molar-refractivity contribution in [3.8, 4) is 11.1 Å². The molecule has 0 saturated carbocycles. The van der Waals surface area contributed by atoms with Crippen molar-refractivity contribution in [1.82, 2.24) is 9.97 Å². The summed E-state index contributed by atoms with van der Waals surface area (Å²) in [6, 6.07) is 6.40. The number of aromatic nitrogens is 2. The van der Waals surface area contributed by atoms with Gasteiger partial charge in [0, 0.05) is 49.7 Å². The first kappa shape index (κ1) is 20.6. The van der Waals surface area contributed by atoms with Gasteiger partial charge in [-0.15, -0.1) is 0 Å².